The molecule has 84 valence electrons. The second kappa shape index (κ2) is 7.58. The minimum atomic E-state index is 0.777. The van der Waals surface area contributed by atoms with Gasteiger partial charge in [0.2, 0.25) is 0 Å². The first kappa shape index (κ1) is 12.4. The Morgan fingerprint density at radius 1 is 1.00 bits per heavy atom. The van der Waals surface area contributed by atoms with Crippen molar-refractivity contribution < 1.29 is 4.74 Å². The summed E-state index contributed by atoms with van der Waals surface area (Å²) in [6, 6.07) is 8.19. The number of unbranched alkanes of at least 4 members (excludes halogenated alkanes) is 3. The van der Waals surface area contributed by atoms with E-state index in [9.17, 15) is 0 Å². The van der Waals surface area contributed by atoms with Crippen molar-refractivity contribution in [2.75, 3.05) is 12.5 Å². The molecule has 0 amide bonds. The average Bonchev–Trinajstić information content (AvgIpc) is 2.26. The zero-order valence-corrected chi connectivity index (χ0v) is 10.1. The lowest BCUT2D eigenvalue weighted by Crippen LogP contribution is -1.97. The molecule has 0 N–H and O–H groups in total. The van der Waals surface area contributed by atoms with Crippen molar-refractivity contribution in [3.63, 3.8) is 0 Å². The maximum absolute atomic E-state index is 5.61. The van der Waals surface area contributed by atoms with Crippen LogP contribution in [0.15, 0.2) is 24.3 Å². The summed E-state index contributed by atoms with van der Waals surface area (Å²) in [4.78, 5) is 0. The molecule has 0 aliphatic rings. The highest BCUT2D eigenvalue weighted by molar-refractivity contribution is 6.17. The van der Waals surface area contributed by atoms with Crippen molar-refractivity contribution in [2.45, 2.75) is 32.6 Å². The minimum Gasteiger partial charge on any atom is -0.494 e. The highest BCUT2D eigenvalue weighted by Gasteiger charge is 1.93. The molecule has 1 aromatic carbocycles. The van der Waals surface area contributed by atoms with Gasteiger partial charge in [0.15, 0.2) is 0 Å². The van der Waals surface area contributed by atoms with Crippen LogP contribution in [0.4, 0.5) is 0 Å². The SMILES string of the molecule is Cc1ccc(OCCCCCCCl)cc1. The van der Waals surface area contributed by atoms with Crippen LogP contribution in [0.25, 0.3) is 0 Å². The van der Waals surface area contributed by atoms with E-state index < -0.39 is 0 Å². The first-order valence-electron chi connectivity index (χ1n) is 5.58. The molecule has 0 radical (unpaired) electrons. The standard InChI is InChI=1S/C13H19ClO/c1-12-6-8-13(9-7-12)15-11-5-3-2-4-10-14/h6-9H,2-5,10-11H2,1H3. The van der Waals surface area contributed by atoms with E-state index in [0.717, 1.165) is 31.1 Å². The van der Waals surface area contributed by atoms with Crippen LogP contribution < -0.4 is 4.74 Å². The van der Waals surface area contributed by atoms with Crippen LogP contribution in [0.1, 0.15) is 31.2 Å². The third-order valence-electron chi connectivity index (χ3n) is 2.32. The van der Waals surface area contributed by atoms with Crippen molar-refractivity contribution in [3.8, 4) is 5.75 Å². The quantitative estimate of drug-likeness (QED) is 0.501. The van der Waals surface area contributed by atoms with Crippen LogP contribution >= 0.6 is 11.6 Å². The number of hydrogen-bond acceptors (Lipinski definition) is 1. The molecule has 1 rings (SSSR count). The molecule has 0 atom stereocenters. The zero-order valence-electron chi connectivity index (χ0n) is 9.34. The predicted octanol–water partition coefficient (Wildman–Crippen LogP) is 4.17. The molecule has 0 unspecified atom stereocenters. The Labute approximate surface area is 97.4 Å². The average molecular weight is 227 g/mol. The van der Waals surface area contributed by atoms with Gasteiger partial charge in [-0.3, -0.25) is 0 Å². The number of ether oxygens (including phenoxy) is 1. The molecule has 0 heterocycles. The summed E-state index contributed by atoms with van der Waals surface area (Å²) in [6.45, 7) is 2.89. The van der Waals surface area contributed by atoms with Gasteiger partial charge in [-0.25, -0.2) is 0 Å². The largest absolute Gasteiger partial charge is 0.494 e. The molecule has 0 saturated carbocycles. The van der Waals surface area contributed by atoms with Gasteiger partial charge in [0.05, 0.1) is 6.61 Å². The molecule has 0 aliphatic carbocycles. The van der Waals surface area contributed by atoms with Crippen molar-refractivity contribution in [3.05, 3.63) is 29.8 Å². The summed E-state index contributed by atoms with van der Waals surface area (Å²) in [6.07, 6.45) is 4.65. The van der Waals surface area contributed by atoms with Crippen LogP contribution in [0, 0.1) is 6.92 Å². The van der Waals surface area contributed by atoms with Gasteiger partial charge < -0.3 is 4.74 Å². The van der Waals surface area contributed by atoms with E-state index in [1.54, 1.807) is 0 Å². The third kappa shape index (κ3) is 5.68. The Hall–Kier alpha value is -0.690. The van der Waals surface area contributed by atoms with Gasteiger partial charge >= 0.3 is 0 Å². The molecule has 0 fully saturated rings. The van der Waals surface area contributed by atoms with Crippen molar-refractivity contribution in [1.82, 2.24) is 0 Å². The predicted molar refractivity (Wildman–Crippen MR) is 65.9 cm³/mol. The minimum absolute atomic E-state index is 0.777. The molecule has 0 saturated heterocycles. The molecule has 0 spiro atoms. The maximum Gasteiger partial charge on any atom is 0.119 e. The van der Waals surface area contributed by atoms with E-state index in [1.165, 1.54) is 18.4 Å². The van der Waals surface area contributed by atoms with Crippen molar-refractivity contribution in [1.29, 1.82) is 0 Å². The van der Waals surface area contributed by atoms with Gasteiger partial charge in [-0.2, -0.15) is 0 Å². The first-order valence-corrected chi connectivity index (χ1v) is 6.12. The second-order valence-corrected chi connectivity index (χ2v) is 4.14. The fraction of sp³-hybridized carbons (Fsp3) is 0.538. The number of aryl methyl sites for hydroxylation is 1. The van der Waals surface area contributed by atoms with Crippen molar-refractivity contribution in [2.24, 2.45) is 0 Å². The van der Waals surface area contributed by atoms with Crippen molar-refractivity contribution >= 4 is 11.6 Å². The first-order chi connectivity index (χ1) is 7.33. The normalized spacial score (nSPS) is 10.3. The molecule has 15 heavy (non-hydrogen) atoms. The van der Waals surface area contributed by atoms with E-state index in [1.807, 2.05) is 12.1 Å². The smallest absolute Gasteiger partial charge is 0.119 e. The van der Waals surface area contributed by atoms with Gasteiger partial charge in [0.25, 0.3) is 0 Å². The number of hydrogen-bond donors (Lipinski definition) is 0. The van der Waals surface area contributed by atoms with Crippen LogP contribution in [-0.2, 0) is 0 Å². The second-order valence-electron chi connectivity index (χ2n) is 3.76. The van der Waals surface area contributed by atoms with Crippen LogP contribution in [0.3, 0.4) is 0 Å². The molecule has 0 aliphatic heterocycles. The lowest BCUT2D eigenvalue weighted by molar-refractivity contribution is 0.305. The summed E-state index contributed by atoms with van der Waals surface area (Å²) < 4.78 is 5.61. The topological polar surface area (TPSA) is 9.23 Å². The molecule has 2 heteroatoms. The summed E-state index contributed by atoms with van der Waals surface area (Å²) in [7, 11) is 0. The Balaban J connectivity index is 2.07. The number of benzene rings is 1. The van der Waals surface area contributed by atoms with Gasteiger partial charge in [0.1, 0.15) is 5.75 Å². The third-order valence-corrected chi connectivity index (χ3v) is 2.58. The monoisotopic (exact) mass is 226 g/mol. The molecular weight excluding hydrogens is 208 g/mol. The zero-order chi connectivity index (χ0) is 10.9. The molecule has 1 aromatic rings. The fourth-order valence-corrected chi connectivity index (χ4v) is 1.56. The lowest BCUT2D eigenvalue weighted by Gasteiger charge is -2.05. The van der Waals surface area contributed by atoms with Gasteiger partial charge in [0, 0.05) is 5.88 Å². The van der Waals surface area contributed by atoms with Gasteiger partial charge in [-0.05, 0) is 31.9 Å². The van der Waals surface area contributed by atoms with Crippen LogP contribution in [0.5, 0.6) is 5.75 Å². The maximum atomic E-state index is 5.61. The lowest BCUT2D eigenvalue weighted by atomic mass is 10.2. The Morgan fingerprint density at radius 2 is 1.67 bits per heavy atom. The van der Waals surface area contributed by atoms with Gasteiger partial charge in [-0.15, -0.1) is 11.6 Å². The highest BCUT2D eigenvalue weighted by Crippen LogP contribution is 2.12. The van der Waals surface area contributed by atoms with E-state index in [2.05, 4.69) is 19.1 Å². The van der Waals surface area contributed by atoms with E-state index in [4.69, 9.17) is 16.3 Å². The Morgan fingerprint density at radius 3 is 2.33 bits per heavy atom. The Kier molecular flexibility index (Phi) is 6.26. The van der Waals surface area contributed by atoms with E-state index >= 15 is 0 Å². The van der Waals surface area contributed by atoms with E-state index in [0.29, 0.717) is 0 Å². The number of halogens is 1. The highest BCUT2D eigenvalue weighted by atomic mass is 35.5. The molecule has 0 bridgehead atoms. The fourth-order valence-electron chi connectivity index (χ4n) is 1.37. The Bertz CT molecular complexity index is 256. The number of rotatable bonds is 7. The summed E-state index contributed by atoms with van der Waals surface area (Å²) in [5.74, 6) is 1.75. The summed E-state index contributed by atoms with van der Waals surface area (Å²) in [5, 5.41) is 0. The number of alkyl halides is 1. The van der Waals surface area contributed by atoms with Gasteiger partial charge in [-0.1, -0.05) is 30.5 Å². The summed E-state index contributed by atoms with van der Waals surface area (Å²) >= 11 is 5.59. The van der Waals surface area contributed by atoms with Crippen LogP contribution in [-0.4, -0.2) is 12.5 Å². The molecule has 1 nitrogen and oxygen atoms in total. The summed E-state index contributed by atoms with van der Waals surface area (Å²) in [5.41, 5.74) is 1.27. The molecular formula is C13H19ClO. The van der Waals surface area contributed by atoms with Crippen LogP contribution in [0.2, 0.25) is 0 Å². The van der Waals surface area contributed by atoms with E-state index in [-0.39, 0.29) is 0 Å². The molecule has 0 aromatic heterocycles.